The van der Waals surface area contributed by atoms with E-state index in [2.05, 4.69) is 7.05 Å². The first-order valence-electron chi connectivity index (χ1n) is 9.09. The molecule has 1 amide bonds. The average molecular weight is 347 g/mol. The molecule has 2 fully saturated rings. The Morgan fingerprint density at radius 3 is 2.52 bits per heavy atom. The van der Waals surface area contributed by atoms with Crippen LogP contribution in [0.4, 0.5) is 11.4 Å². The minimum atomic E-state index is -0.372. The van der Waals surface area contributed by atoms with E-state index in [1.807, 2.05) is 11.9 Å². The summed E-state index contributed by atoms with van der Waals surface area (Å²) in [4.78, 5) is 29.2. The molecule has 2 aliphatic rings. The third-order valence-corrected chi connectivity index (χ3v) is 5.54. The summed E-state index contributed by atoms with van der Waals surface area (Å²) in [6.07, 6.45) is 4.06. The minimum absolute atomic E-state index is 0.0361. The molecular formula is C18H27N4O3+. The molecule has 1 aromatic rings. The fourth-order valence-corrected chi connectivity index (χ4v) is 3.88. The zero-order valence-corrected chi connectivity index (χ0v) is 15.0. The van der Waals surface area contributed by atoms with Crippen molar-refractivity contribution in [1.82, 2.24) is 4.90 Å². The molecule has 136 valence electrons. The summed E-state index contributed by atoms with van der Waals surface area (Å²) in [5, 5.41) is 11.5. The van der Waals surface area contributed by atoms with E-state index < -0.39 is 0 Å². The highest BCUT2D eigenvalue weighted by Gasteiger charge is 2.29. The molecule has 25 heavy (non-hydrogen) atoms. The number of nitro benzene ring substituents is 1. The van der Waals surface area contributed by atoms with Crippen LogP contribution in [0.3, 0.4) is 0 Å². The maximum atomic E-state index is 12.8. The molecule has 0 saturated carbocycles. The lowest BCUT2D eigenvalue weighted by atomic mass is 10.0. The fraction of sp³-hybridized carbons (Fsp3) is 0.611. The van der Waals surface area contributed by atoms with Gasteiger partial charge in [-0.1, -0.05) is 0 Å². The maximum Gasteiger partial charge on any atom is 0.293 e. The second-order valence-electron chi connectivity index (χ2n) is 7.26. The number of carbonyl (C=O) groups excluding carboxylic acids is 1. The molecule has 0 atom stereocenters. The van der Waals surface area contributed by atoms with Crippen molar-refractivity contribution in [1.29, 1.82) is 0 Å². The number of carbonyl (C=O) groups is 1. The normalized spacial score (nSPS) is 23.5. The Hall–Kier alpha value is -2.15. The first kappa shape index (κ1) is 17.7. The number of quaternary nitrogens is 1. The monoisotopic (exact) mass is 347 g/mol. The lowest BCUT2D eigenvalue weighted by Crippen LogP contribution is -3.10. The van der Waals surface area contributed by atoms with E-state index in [1.165, 1.54) is 11.0 Å². The minimum Gasteiger partial charge on any atom is -0.366 e. The highest BCUT2D eigenvalue weighted by Crippen LogP contribution is 2.32. The number of nitro groups is 1. The topological polar surface area (TPSA) is 71.1 Å². The highest BCUT2D eigenvalue weighted by atomic mass is 16.6. The number of likely N-dealkylation sites (tertiary alicyclic amines) is 1. The van der Waals surface area contributed by atoms with Crippen molar-refractivity contribution in [2.24, 2.45) is 0 Å². The quantitative estimate of drug-likeness (QED) is 0.650. The van der Waals surface area contributed by atoms with Crippen LogP contribution in [0.1, 0.15) is 36.0 Å². The summed E-state index contributed by atoms with van der Waals surface area (Å²) in [6.45, 7) is 3.78. The standard InChI is InChI=1S/C18H26N4O3/c1-19-11-7-15(8-12-19)20(2)18(23)14-5-6-16(17(13-14)22(24)25)21-9-3-4-10-21/h5-6,13,15H,3-4,7-12H2,1-2H3/p+1. The summed E-state index contributed by atoms with van der Waals surface area (Å²) in [5.74, 6) is -0.124. The molecular weight excluding hydrogens is 320 g/mol. The van der Waals surface area contributed by atoms with Crippen LogP contribution in [-0.4, -0.2) is 62.0 Å². The number of amides is 1. The Balaban J connectivity index is 1.80. The molecule has 0 aliphatic carbocycles. The van der Waals surface area contributed by atoms with E-state index in [0.29, 0.717) is 11.3 Å². The molecule has 7 nitrogen and oxygen atoms in total. The number of nitrogens with zero attached hydrogens (tertiary/aromatic N) is 3. The number of benzene rings is 1. The SMILES string of the molecule is CN(C(=O)c1ccc(N2CCCC2)c([N+](=O)[O-])c1)C1CC[NH+](C)CC1. The summed E-state index contributed by atoms with van der Waals surface area (Å²) >= 11 is 0. The lowest BCUT2D eigenvalue weighted by Gasteiger charge is -2.33. The molecule has 0 bridgehead atoms. The third kappa shape index (κ3) is 3.76. The summed E-state index contributed by atoms with van der Waals surface area (Å²) in [5.41, 5.74) is 1.07. The Morgan fingerprint density at radius 1 is 1.28 bits per heavy atom. The number of hydrogen-bond donors (Lipinski definition) is 1. The zero-order chi connectivity index (χ0) is 18.0. The van der Waals surface area contributed by atoms with Gasteiger partial charge in [0.25, 0.3) is 11.6 Å². The predicted octanol–water partition coefficient (Wildman–Crippen LogP) is 0.944. The van der Waals surface area contributed by atoms with Crippen LogP contribution < -0.4 is 9.80 Å². The molecule has 3 rings (SSSR count). The molecule has 0 spiro atoms. The molecule has 2 saturated heterocycles. The highest BCUT2D eigenvalue weighted by molar-refractivity contribution is 5.95. The fourth-order valence-electron chi connectivity index (χ4n) is 3.88. The van der Waals surface area contributed by atoms with Crippen molar-refractivity contribution >= 4 is 17.3 Å². The van der Waals surface area contributed by atoms with Crippen LogP contribution in [-0.2, 0) is 0 Å². The number of hydrogen-bond acceptors (Lipinski definition) is 4. The van der Waals surface area contributed by atoms with E-state index in [1.54, 1.807) is 17.0 Å². The Labute approximate surface area is 148 Å². The summed E-state index contributed by atoms with van der Waals surface area (Å²) < 4.78 is 0. The second-order valence-corrected chi connectivity index (χ2v) is 7.26. The van der Waals surface area contributed by atoms with Gasteiger partial charge in [0.2, 0.25) is 0 Å². The molecule has 0 radical (unpaired) electrons. The Bertz CT molecular complexity index is 650. The third-order valence-electron chi connectivity index (χ3n) is 5.54. The van der Waals surface area contributed by atoms with Crippen molar-refractivity contribution in [3.8, 4) is 0 Å². The van der Waals surface area contributed by atoms with Crippen molar-refractivity contribution in [2.75, 3.05) is 45.2 Å². The van der Waals surface area contributed by atoms with Gasteiger partial charge in [0.15, 0.2) is 0 Å². The smallest absolute Gasteiger partial charge is 0.293 e. The predicted molar refractivity (Wildman–Crippen MR) is 96.3 cm³/mol. The van der Waals surface area contributed by atoms with Crippen molar-refractivity contribution in [2.45, 2.75) is 31.7 Å². The van der Waals surface area contributed by atoms with Gasteiger partial charge in [0.05, 0.1) is 25.1 Å². The molecule has 0 unspecified atom stereocenters. The average Bonchev–Trinajstić information content (AvgIpc) is 3.15. The number of anilines is 1. The Kier molecular flexibility index (Phi) is 5.22. The second kappa shape index (κ2) is 7.39. The zero-order valence-electron chi connectivity index (χ0n) is 15.0. The molecule has 7 heteroatoms. The van der Waals surface area contributed by atoms with Crippen LogP contribution in [0, 0.1) is 10.1 Å². The molecule has 1 N–H and O–H groups in total. The van der Waals surface area contributed by atoms with Crippen LogP contribution in [0.5, 0.6) is 0 Å². The van der Waals surface area contributed by atoms with Crippen molar-refractivity contribution in [3.63, 3.8) is 0 Å². The van der Waals surface area contributed by atoms with Gasteiger partial charge in [-0.25, -0.2) is 0 Å². The van der Waals surface area contributed by atoms with E-state index in [0.717, 1.165) is 51.9 Å². The lowest BCUT2D eigenvalue weighted by molar-refractivity contribution is -0.885. The van der Waals surface area contributed by atoms with Gasteiger partial charge in [0.1, 0.15) is 5.69 Å². The largest absolute Gasteiger partial charge is 0.366 e. The molecule has 0 aromatic heterocycles. The van der Waals surface area contributed by atoms with Gasteiger partial charge >= 0.3 is 0 Å². The van der Waals surface area contributed by atoms with Gasteiger partial charge in [-0.3, -0.25) is 14.9 Å². The van der Waals surface area contributed by atoms with Crippen molar-refractivity contribution < 1.29 is 14.6 Å². The van der Waals surface area contributed by atoms with E-state index in [-0.39, 0.29) is 22.6 Å². The van der Waals surface area contributed by atoms with Gasteiger partial charge in [-0.05, 0) is 25.0 Å². The van der Waals surface area contributed by atoms with Crippen molar-refractivity contribution in [3.05, 3.63) is 33.9 Å². The van der Waals surface area contributed by atoms with Gasteiger partial charge in [0, 0.05) is 50.7 Å². The molecule has 2 aliphatic heterocycles. The maximum absolute atomic E-state index is 12.8. The Morgan fingerprint density at radius 2 is 1.92 bits per heavy atom. The molecule has 2 heterocycles. The van der Waals surface area contributed by atoms with Crippen LogP contribution in [0.2, 0.25) is 0 Å². The van der Waals surface area contributed by atoms with E-state index in [9.17, 15) is 14.9 Å². The molecule has 1 aromatic carbocycles. The van der Waals surface area contributed by atoms with Gasteiger partial charge in [-0.15, -0.1) is 0 Å². The summed E-state index contributed by atoms with van der Waals surface area (Å²) in [7, 11) is 3.98. The number of nitrogens with one attached hydrogen (secondary N) is 1. The first-order chi connectivity index (χ1) is 12.0. The van der Waals surface area contributed by atoms with Crippen LogP contribution in [0.15, 0.2) is 18.2 Å². The number of rotatable bonds is 4. The van der Waals surface area contributed by atoms with Crippen LogP contribution in [0.25, 0.3) is 0 Å². The summed E-state index contributed by atoms with van der Waals surface area (Å²) in [6, 6.07) is 5.14. The number of piperidine rings is 1. The van der Waals surface area contributed by atoms with Crippen LogP contribution >= 0.6 is 0 Å². The van der Waals surface area contributed by atoms with Gasteiger partial charge < -0.3 is 14.7 Å². The van der Waals surface area contributed by atoms with Gasteiger partial charge in [-0.2, -0.15) is 0 Å². The van der Waals surface area contributed by atoms with E-state index >= 15 is 0 Å². The first-order valence-corrected chi connectivity index (χ1v) is 9.09. The van der Waals surface area contributed by atoms with E-state index in [4.69, 9.17) is 0 Å².